The molecule has 1 aromatic rings. The van der Waals surface area contributed by atoms with Crippen LogP contribution >= 0.6 is 34.2 Å². The van der Waals surface area contributed by atoms with Crippen LogP contribution in [0.2, 0.25) is 5.02 Å². The van der Waals surface area contributed by atoms with Crippen molar-refractivity contribution in [2.45, 2.75) is 6.18 Å². The average molecular weight is 332 g/mol. The van der Waals surface area contributed by atoms with Crippen molar-refractivity contribution in [1.82, 2.24) is 0 Å². The molecule has 0 unspecified atom stereocenters. The van der Waals surface area contributed by atoms with Gasteiger partial charge >= 0.3 is 6.18 Å². The van der Waals surface area contributed by atoms with Crippen molar-refractivity contribution in [3.05, 3.63) is 38.4 Å². The van der Waals surface area contributed by atoms with Crippen molar-refractivity contribution in [3.63, 3.8) is 0 Å². The highest BCUT2D eigenvalue weighted by molar-refractivity contribution is 14.1. The summed E-state index contributed by atoms with van der Waals surface area (Å²) in [7, 11) is 0. The van der Waals surface area contributed by atoms with Crippen LogP contribution in [0.1, 0.15) is 11.1 Å². The van der Waals surface area contributed by atoms with Crippen LogP contribution in [-0.2, 0) is 6.18 Å². The zero-order valence-corrected chi connectivity index (χ0v) is 9.69. The molecule has 0 nitrogen and oxygen atoms in total. The van der Waals surface area contributed by atoms with Crippen LogP contribution in [-0.4, -0.2) is 0 Å². The first-order valence-electron chi connectivity index (χ1n) is 3.59. The normalized spacial score (nSPS) is 12.4. The lowest BCUT2D eigenvalue weighted by atomic mass is 10.1. The molecule has 0 saturated carbocycles. The van der Waals surface area contributed by atoms with E-state index < -0.39 is 11.7 Å². The standard InChI is InChI=1S/C9H5ClF3I/c10-8-3-1-2-7(9(11,12)13)6(8)4-5-14/h1-5H/b5-4+. The molecule has 0 heterocycles. The molecule has 0 saturated heterocycles. The van der Waals surface area contributed by atoms with Crippen LogP contribution in [0.4, 0.5) is 13.2 Å². The number of hydrogen-bond donors (Lipinski definition) is 0. The molecule has 0 atom stereocenters. The van der Waals surface area contributed by atoms with Gasteiger partial charge in [0.2, 0.25) is 0 Å². The molecule has 0 aliphatic heterocycles. The van der Waals surface area contributed by atoms with Gasteiger partial charge in [-0.15, -0.1) is 0 Å². The summed E-state index contributed by atoms with van der Waals surface area (Å²) < 4.78 is 38.9. The molecule has 1 rings (SSSR count). The first-order valence-corrected chi connectivity index (χ1v) is 5.21. The second kappa shape index (κ2) is 4.53. The fourth-order valence-corrected chi connectivity index (χ4v) is 1.61. The van der Waals surface area contributed by atoms with Gasteiger partial charge in [-0.2, -0.15) is 13.2 Å². The molecular formula is C9H5ClF3I. The van der Waals surface area contributed by atoms with Crippen molar-refractivity contribution in [1.29, 1.82) is 0 Å². The maximum atomic E-state index is 12.5. The van der Waals surface area contributed by atoms with Gasteiger partial charge in [-0.3, -0.25) is 0 Å². The second-order valence-corrected chi connectivity index (χ2v) is 3.62. The van der Waals surface area contributed by atoms with Gasteiger partial charge in [0, 0.05) is 10.6 Å². The Morgan fingerprint density at radius 2 is 1.93 bits per heavy atom. The summed E-state index contributed by atoms with van der Waals surface area (Å²) in [6.07, 6.45) is -3.03. The predicted octanol–water partition coefficient (Wildman–Crippen LogP) is 4.76. The maximum Gasteiger partial charge on any atom is 0.417 e. The zero-order valence-electron chi connectivity index (χ0n) is 6.78. The Hall–Kier alpha value is -0.230. The summed E-state index contributed by atoms with van der Waals surface area (Å²) in [5.41, 5.74) is -0.700. The van der Waals surface area contributed by atoms with Gasteiger partial charge in [-0.05, 0) is 22.3 Å². The molecule has 0 aliphatic rings. The van der Waals surface area contributed by atoms with Crippen LogP contribution in [0.15, 0.2) is 22.3 Å². The quantitative estimate of drug-likeness (QED) is 0.650. The Kier molecular flexibility index (Phi) is 3.83. The predicted molar refractivity (Wildman–Crippen MR) is 59.5 cm³/mol. The maximum absolute atomic E-state index is 12.5. The highest BCUT2D eigenvalue weighted by Crippen LogP contribution is 2.35. The van der Waals surface area contributed by atoms with Crippen LogP contribution in [0, 0.1) is 0 Å². The van der Waals surface area contributed by atoms with Crippen LogP contribution in [0.25, 0.3) is 6.08 Å². The Morgan fingerprint density at radius 3 is 2.43 bits per heavy atom. The summed E-state index contributed by atoms with van der Waals surface area (Å²) in [5, 5.41) is 0.104. The van der Waals surface area contributed by atoms with Crippen LogP contribution in [0.3, 0.4) is 0 Å². The lowest BCUT2D eigenvalue weighted by molar-refractivity contribution is -0.137. The fourth-order valence-electron chi connectivity index (χ4n) is 1.02. The summed E-state index contributed by atoms with van der Waals surface area (Å²) in [4.78, 5) is 0. The Labute approximate surface area is 97.9 Å². The first-order chi connectivity index (χ1) is 6.46. The van der Waals surface area contributed by atoms with Crippen molar-refractivity contribution in [2.75, 3.05) is 0 Å². The van der Waals surface area contributed by atoms with E-state index in [9.17, 15) is 13.2 Å². The minimum Gasteiger partial charge on any atom is -0.166 e. The van der Waals surface area contributed by atoms with Gasteiger partial charge in [-0.25, -0.2) is 0 Å². The monoisotopic (exact) mass is 332 g/mol. The number of hydrogen-bond acceptors (Lipinski definition) is 0. The minimum absolute atomic E-state index is 0.0102. The third-order valence-corrected chi connectivity index (χ3v) is 2.28. The SMILES string of the molecule is FC(F)(F)c1cccc(Cl)c1/C=C/I. The van der Waals surface area contributed by atoms with E-state index in [1.54, 1.807) is 0 Å². The van der Waals surface area contributed by atoms with Gasteiger partial charge in [0.15, 0.2) is 0 Å². The molecule has 0 aromatic heterocycles. The third-order valence-electron chi connectivity index (χ3n) is 1.59. The Morgan fingerprint density at radius 1 is 1.29 bits per heavy atom. The Balaban J connectivity index is 3.36. The van der Waals surface area contributed by atoms with Crippen molar-refractivity contribution in [3.8, 4) is 0 Å². The molecule has 0 radical (unpaired) electrons. The zero-order chi connectivity index (χ0) is 10.8. The van der Waals surface area contributed by atoms with E-state index in [0.29, 0.717) is 0 Å². The van der Waals surface area contributed by atoms with E-state index in [4.69, 9.17) is 11.6 Å². The molecular weight excluding hydrogens is 327 g/mol. The largest absolute Gasteiger partial charge is 0.417 e. The summed E-state index contributed by atoms with van der Waals surface area (Å²) in [5.74, 6) is 0. The van der Waals surface area contributed by atoms with E-state index in [2.05, 4.69) is 0 Å². The van der Waals surface area contributed by atoms with Crippen molar-refractivity contribution >= 4 is 40.3 Å². The average Bonchev–Trinajstić information content (AvgIpc) is 2.07. The smallest absolute Gasteiger partial charge is 0.166 e. The van der Waals surface area contributed by atoms with Crippen molar-refractivity contribution in [2.24, 2.45) is 0 Å². The molecule has 5 heteroatoms. The molecule has 0 fully saturated rings. The second-order valence-electron chi connectivity index (χ2n) is 2.49. The molecule has 0 amide bonds. The van der Waals surface area contributed by atoms with E-state index in [1.807, 2.05) is 22.6 Å². The molecule has 0 bridgehead atoms. The molecule has 14 heavy (non-hydrogen) atoms. The van der Waals surface area contributed by atoms with Crippen LogP contribution < -0.4 is 0 Å². The topological polar surface area (TPSA) is 0 Å². The van der Waals surface area contributed by atoms with Crippen LogP contribution in [0.5, 0.6) is 0 Å². The van der Waals surface area contributed by atoms with E-state index >= 15 is 0 Å². The fraction of sp³-hybridized carbons (Fsp3) is 0.111. The number of halogens is 5. The van der Waals surface area contributed by atoms with E-state index in [0.717, 1.165) is 6.07 Å². The molecule has 0 N–H and O–H groups in total. The summed E-state index contributed by atoms with van der Waals surface area (Å²) in [6.45, 7) is 0. The number of alkyl halides is 3. The van der Waals surface area contributed by atoms with Gasteiger partial charge in [0.25, 0.3) is 0 Å². The number of benzene rings is 1. The molecule has 76 valence electrons. The van der Waals surface area contributed by atoms with E-state index in [1.165, 1.54) is 22.3 Å². The molecule has 1 aromatic carbocycles. The molecule has 0 aliphatic carbocycles. The van der Waals surface area contributed by atoms with Gasteiger partial charge < -0.3 is 0 Å². The number of rotatable bonds is 1. The van der Waals surface area contributed by atoms with E-state index in [-0.39, 0.29) is 10.6 Å². The highest BCUT2D eigenvalue weighted by atomic mass is 127. The van der Waals surface area contributed by atoms with Gasteiger partial charge in [0.05, 0.1) is 5.56 Å². The Bertz CT molecular complexity index is 358. The third kappa shape index (κ3) is 2.63. The highest BCUT2D eigenvalue weighted by Gasteiger charge is 2.33. The minimum atomic E-state index is -4.36. The lowest BCUT2D eigenvalue weighted by Gasteiger charge is -2.10. The molecule has 0 spiro atoms. The summed E-state index contributed by atoms with van der Waals surface area (Å²) >= 11 is 7.51. The lowest BCUT2D eigenvalue weighted by Crippen LogP contribution is -2.07. The van der Waals surface area contributed by atoms with Gasteiger partial charge in [-0.1, -0.05) is 40.3 Å². The van der Waals surface area contributed by atoms with Gasteiger partial charge in [0.1, 0.15) is 0 Å². The summed E-state index contributed by atoms with van der Waals surface area (Å²) in [6, 6.07) is 3.73. The first kappa shape index (κ1) is 11.8. The van der Waals surface area contributed by atoms with Crippen molar-refractivity contribution < 1.29 is 13.2 Å².